The van der Waals surface area contributed by atoms with E-state index in [-0.39, 0.29) is 10.6 Å². The van der Waals surface area contributed by atoms with Gasteiger partial charge in [0.2, 0.25) is 0 Å². The third kappa shape index (κ3) is 5.73. The van der Waals surface area contributed by atoms with Crippen LogP contribution in [0.1, 0.15) is 6.92 Å². The van der Waals surface area contributed by atoms with Gasteiger partial charge >= 0.3 is 0 Å². The number of nitrogens with one attached hydrogen (secondary N) is 2. The number of sulfonamides is 1. The van der Waals surface area contributed by atoms with Gasteiger partial charge in [-0.15, -0.1) is 4.83 Å². The van der Waals surface area contributed by atoms with Crippen LogP contribution >= 0.6 is 0 Å². The number of ether oxygens (including phenoxy) is 2. The van der Waals surface area contributed by atoms with Gasteiger partial charge in [-0.3, -0.25) is 10.2 Å². The Morgan fingerprint density at radius 1 is 1.00 bits per heavy atom. The molecule has 0 spiro atoms. The van der Waals surface area contributed by atoms with Gasteiger partial charge in [-0.25, -0.2) is 12.8 Å². The molecule has 0 fully saturated rings. The SMILES string of the molecule is CCOc1ccc(S(=O)(=O)NNC(=O)COc2ccc(F)cc2)cc1. The van der Waals surface area contributed by atoms with E-state index in [4.69, 9.17) is 9.47 Å². The molecule has 2 aromatic rings. The largest absolute Gasteiger partial charge is 0.494 e. The van der Waals surface area contributed by atoms with Crippen molar-refractivity contribution in [2.45, 2.75) is 11.8 Å². The zero-order valence-electron chi connectivity index (χ0n) is 13.4. The van der Waals surface area contributed by atoms with Crippen LogP contribution in [-0.2, 0) is 14.8 Å². The predicted octanol–water partition coefficient (Wildman–Crippen LogP) is 1.61. The first-order valence-corrected chi connectivity index (χ1v) is 8.81. The van der Waals surface area contributed by atoms with Gasteiger partial charge in [-0.1, -0.05) is 0 Å². The maximum atomic E-state index is 12.7. The van der Waals surface area contributed by atoms with Crippen molar-refractivity contribution >= 4 is 15.9 Å². The molecule has 0 atom stereocenters. The Bertz CT molecular complexity index is 807. The number of hydrazine groups is 1. The summed E-state index contributed by atoms with van der Waals surface area (Å²) in [7, 11) is -3.92. The van der Waals surface area contributed by atoms with Crippen LogP contribution in [0.25, 0.3) is 0 Å². The topological polar surface area (TPSA) is 93.7 Å². The minimum Gasteiger partial charge on any atom is -0.494 e. The van der Waals surface area contributed by atoms with Crippen LogP contribution in [0.5, 0.6) is 11.5 Å². The molecule has 134 valence electrons. The standard InChI is InChI=1S/C16H17FN2O5S/c1-2-23-13-7-9-15(10-8-13)25(21,22)19-18-16(20)11-24-14-5-3-12(17)4-6-14/h3-10,19H,2,11H2,1H3,(H,18,20). The summed E-state index contributed by atoms with van der Waals surface area (Å²) in [5, 5.41) is 0. The second kappa shape index (κ2) is 8.45. The van der Waals surface area contributed by atoms with Crippen molar-refractivity contribution in [2.75, 3.05) is 13.2 Å². The molecular weight excluding hydrogens is 351 g/mol. The number of hydrogen-bond acceptors (Lipinski definition) is 5. The minimum absolute atomic E-state index is 0.0318. The van der Waals surface area contributed by atoms with E-state index in [1.54, 1.807) is 0 Å². The first kappa shape index (κ1) is 18.7. The van der Waals surface area contributed by atoms with Crippen LogP contribution in [-0.4, -0.2) is 27.5 Å². The summed E-state index contributed by atoms with van der Waals surface area (Å²) in [6.07, 6.45) is 0. The summed E-state index contributed by atoms with van der Waals surface area (Å²) in [6.45, 7) is 1.85. The molecule has 2 rings (SSSR count). The molecule has 0 heterocycles. The van der Waals surface area contributed by atoms with Crippen LogP contribution in [0.4, 0.5) is 4.39 Å². The van der Waals surface area contributed by atoms with E-state index in [0.29, 0.717) is 12.4 Å². The number of halogens is 1. The van der Waals surface area contributed by atoms with Gasteiger partial charge in [0.15, 0.2) is 6.61 Å². The van der Waals surface area contributed by atoms with E-state index in [0.717, 1.165) is 0 Å². The van der Waals surface area contributed by atoms with Crippen LogP contribution in [0.2, 0.25) is 0 Å². The number of carbonyl (C=O) groups is 1. The monoisotopic (exact) mass is 368 g/mol. The molecular formula is C16H17FN2O5S. The number of carbonyl (C=O) groups excluding carboxylic acids is 1. The van der Waals surface area contributed by atoms with Gasteiger partial charge in [0.25, 0.3) is 15.9 Å². The van der Waals surface area contributed by atoms with E-state index < -0.39 is 28.4 Å². The molecule has 1 amide bonds. The zero-order chi connectivity index (χ0) is 18.3. The Morgan fingerprint density at radius 2 is 1.56 bits per heavy atom. The number of amides is 1. The van der Waals surface area contributed by atoms with Crippen LogP contribution in [0, 0.1) is 5.82 Å². The lowest BCUT2D eigenvalue weighted by Gasteiger charge is -2.10. The fourth-order valence-corrected chi connectivity index (χ4v) is 2.64. The average molecular weight is 368 g/mol. The molecule has 0 saturated heterocycles. The molecule has 25 heavy (non-hydrogen) atoms. The summed E-state index contributed by atoms with van der Waals surface area (Å²) in [5.74, 6) is -0.317. The fraction of sp³-hybridized carbons (Fsp3) is 0.188. The Balaban J connectivity index is 1.85. The Morgan fingerprint density at radius 3 is 2.16 bits per heavy atom. The minimum atomic E-state index is -3.92. The van der Waals surface area contributed by atoms with E-state index >= 15 is 0 Å². The van der Waals surface area contributed by atoms with Crippen molar-refractivity contribution in [1.29, 1.82) is 0 Å². The quantitative estimate of drug-likeness (QED) is 0.691. The predicted molar refractivity (Wildman–Crippen MR) is 88.0 cm³/mol. The Hall–Kier alpha value is -2.65. The summed E-state index contributed by atoms with van der Waals surface area (Å²) in [4.78, 5) is 13.6. The summed E-state index contributed by atoms with van der Waals surface area (Å²) < 4.78 is 47.2. The maximum absolute atomic E-state index is 12.7. The number of hydrogen-bond donors (Lipinski definition) is 2. The highest BCUT2D eigenvalue weighted by atomic mass is 32.2. The highest BCUT2D eigenvalue weighted by Gasteiger charge is 2.15. The zero-order valence-corrected chi connectivity index (χ0v) is 14.2. The average Bonchev–Trinajstić information content (AvgIpc) is 2.60. The molecule has 0 unspecified atom stereocenters. The molecule has 2 aromatic carbocycles. The van der Waals surface area contributed by atoms with E-state index in [1.807, 2.05) is 17.2 Å². The third-order valence-electron chi connectivity index (χ3n) is 2.95. The highest BCUT2D eigenvalue weighted by molar-refractivity contribution is 7.89. The summed E-state index contributed by atoms with van der Waals surface area (Å²) in [6, 6.07) is 10.8. The summed E-state index contributed by atoms with van der Waals surface area (Å²) >= 11 is 0. The molecule has 7 nitrogen and oxygen atoms in total. The highest BCUT2D eigenvalue weighted by Crippen LogP contribution is 2.15. The Labute approximate surface area is 144 Å². The van der Waals surface area contributed by atoms with Crippen molar-refractivity contribution in [2.24, 2.45) is 0 Å². The third-order valence-corrected chi connectivity index (χ3v) is 4.22. The van der Waals surface area contributed by atoms with Crippen LogP contribution in [0.15, 0.2) is 53.4 Å². The van der Waals surface area contributed by atoms with Crippen molar-refractivity contribution in [3.8, 4) is 11.5 Å². The molecule has 0 bridgehead atoms. The fourth-order valence-electron chi connectivity index (χ4n) is 1.78. The van der Waals surface area contributed by atoms with E-state index in [1.165, 1.54) is 48.5 Å². The number of rotatable bonds is 8. The molecule has 0 saturated carbocycles. The lowest BCUT2D eigenvalue weighted by atomic mass is 10.3. The van der Waals surface area contributed by atoms with Crippen molar-refractivity contribution < 1.29 is 27.1 Å². The van der Waals surface area contributed by atoms with Crippen LogP contribution in [0.3, 0.4) is 0 Å². The van der Waals surface area contributed by atoms with Crippen molar-refractivity contribution in [1.82, 2.24) is 10.3 Å². The molecule has 9 heteroatoms. The first-order valence-electron chi connectivity index (χ1n) is 7.32. The first-order chi connectivity index (χ1) is 11.9. The van der Waals surface area contributed by atoms with Gasteiger partial charge in [0, 0.05) is 0 Å². The summed E-state index contributed by atoms with van der Waals surface area (Å²) in [5.41, 5.74) is 2.04. The van der Waals surface area contributed by atoms with Crippen molar-refractivity contribution in [3.63, 3.8) is 0 Å². The van der Waals surface area contributed by atoms with E-state index in [2.05, 4.69) is 0 Å². The molecule has 0 radical (unpaired) electrons. The van der Waals surface area contributed by atoms with Gasteiger partial charge in [0.05, 0.1) is 11.5 Å². The van der Waals surface area contributed by atoms with Gasteiger partial charge in [0.1, 0.15) is 17.3 Å². The van der Waals surface area contributed by atoms with Crippen LogP contribution < -0.4 is 19.7 Å². The Kier molecular flexibility index (Phi) is 6.31. The molecule has 0 aromatic heterocycles. The molecule has 0 aliphatic carbocycles. The maximum Gasteiger partial charge on any atom is 0.272 e. The van der Waals surface area contributed by atoms with E-state index in [9.17, 15) is 17.6 Å². The van der Waals surface area contributed by atoms with Gasteiger partial charge < -0.3 is 9.47 Å². The lowest BCUT2D eigenvalue weighted by molar-refractivity contribution is -0.123. The lowest BCUT2D eigenvalue weighted by Crippen LogP contribution is -2.43. The number of benzene rings is 2. The molecule has 0 aliphatic rings. The molecule has 0 aliphatic heterocycles. The van der Waals surface area contributed by atoms with Gasteiger partial charge in [-0.05, 0) is 55.5 Å². The smallest absolute Gasteiger partial charge is 0.272 e. The second-order valence-corrected chi connectivity index (χ2v) is 6.48. The van der Waals surface area contributed by atoms with Crippen molar-refractivity contribution in [3.05, 3.63) is 54.3 Å². The second-order valence-electron chi connectivity index (χ2n) is 4.80. The van der Waals surface area contributed by atoms with Gasteiger partial charge in [-0.2, -0.15) is 0 Å². The normalized spacial score (nSPS) is 11.0. The molecule has 2 N–H and O–H groups in total.